The molecule has 3 rings (SSSR count). The normalized spacial score (nSPS) is 18.7. The molecule has 1 heterocycles. The second kappa shape index (κ2) is 7.31. The van der Waals surface area contributed by atoms with Gasteiger partial charge in [-0.1, -0.05) is 42.5 Å². The summed E-state index contributed by atoms with van der Waals surface area (Å²) in [5.74, 6) is -0.350. The fraction of sp³-hybridized carbons (Fsp3) is 0.381. The molecule has 0 saturated heterocycles. The van der Waals surface area contributed by atoms with Crippen molar-refractivity contribution < 1.29 is 18.3 Å². The van der Waals surface area contributed by atoms with Gasteiger partial charge in [-0.15, -0.1) is 0 Å². The Morgan fingerprint density at radius 3 is 2.25 bits per heavy atom. The molecule has 6 nitrogen and oxygen atoms in total. The molecule has 2 aromatic carbocycles. The summed E-state index contributed by atoms with van der Waals surface area (Å²) in [7, 11) is -4.09. The summed E-state index contributed by atoms with van der Waals surface area (Å²) in [5, 5.41) is 11.0. The first-order valence-electron chi connectivity index (χ1n) is 9.38. The molecule has 1 aliphatic rings. The molecule has 1 atom stereocenters. The van der Waals surface area contributed by atoms with Crippen LogP contribution >= 0.6 is 0 Å². The largest absolute Gasteiger partial charge is 0.373 e. The van der Waals surface area contributed by atoms with E-state index in [0.29, 0.717) is 13.1 Å². The van der Waals surface area contributed by atoms with E-state index in [0.717, 1.165) is 9.87 Å². The van der Waals surface area contributed by atoms with Crippen molar-refractivity contribution in [3.63, 3.8) is 0 Å². The number of sulfonamides is 1. The second-order valence-electron chi connectivity index (χ2n) is 7.30. The van der Waals surface area contributed by atoms with E-state index in [1.807, 2.05) is 44.2 Å². The molecule has 150 valence electrons. The predicted molar refractivity (Wildman–Crippen MR) is 107 cm³/mol. The number of nitrogens with zero attached hydrogens (tertiary/aromatic N) is 2. The molecule has 0 aliphatic carbocycles. The van der Waals surface area contributed by atoms with Crippen LogP contribution in [0.5, 0.6) is 0 Å². The van der Waals surface area contributed by atoms with Crippen LogP contribution in [-0.4, -0.2) is 41.7 Å². The van der Waals surface area contributed by atoms with Gasteiger partial charge in [-0.2, -0.15) is 4.31 Å². The standard InChI is InChI=1S/C21H26N2O4S/c1-5-22(6-2)19(24)16-13-10-14-17-18(16)28(26,27)23(20(17)25)21(3,4)15-11-8-7-9-12-15/h7-14,20,25H,5-6H2,1-4H3. The quantitative estimate of drug-likeness (QED) is 0.834. The first-order chi connectivity index (χ1) is 13.2. The van der Waals surface area contributed by atoms with E-state index in [4.69, 9.17) is 0 Å². The van der Waals surface area contributed by atoms with Crippen LogP contribution in [0.15, 0.2) is 53.4 Å². The van der Waals surface area contributed by atoms with Crippen LogP contribution in [0.2, 0.25) is 0 Å². The van der Waals surface area contributed by atoms with Crippen molar-refractivity contribution >= 4 is 15.9 Å². The van der Waals surface area contributed by atoms with Crippen molar-refractivity contribution in [2.45, 2.75) is 44.4 Å². The summed E-state index contributed by atoms with van der Waals surface area (Å²) >= 11 is 0. The van der Waals surface area contributed by atoms with Gasteiger partial charge in [-0.3, -0.25) is 4.79 Å². The van der Waals surface area contributed by atoms with Gasteiger partial charge in [-0.05, 0) is 39.3 Å². The fourth-order valence-electron chi connectivity index (χ4n) is 3.83. The first-order valence-corrected chi connectivity index (χ1v) is 10.8. The number of rotatable bonds is 5. The lowest BCUT2D eigenvalue weighted by molar-refractivity contribution is 0.0121. The van der Waals surface area contributed by atoms with Crippen LogP contribution in [0.3, 0.4) is 0 Å². The van der Waals surface area contributed by atoms with Crippen molar-refractivity contribution in [2.24, 2.45) is 0 Å². The average molecular weight is 403 g/mol. The Kier molecular flexibility index (Phi) is 5.36. The Balaban J connectivity index is 2.17. The summed E-state index contributed by atoms with van der Waals surface area (Å²) in [4.78, 5) is 14.4. The predicted octanol–water partition coefficient (Wildman–Crippen LogP) is 3.10. The molecule has 1 aliphatic heterocycles. The monoisotopic (exact) mass is 402 g/mol. The third-order valence-electron chi connectivity index (χ3n) is 5.37. The molecule has 2 aromatic rings. The van der Waals surface area contributed by atoms with Crippen molar-refractivity contribution in [2.75, 3.05) is 13.1 Å². The SMILES string of the molecule is CCN(CC)C(=O)c1cccc2c1S(=O)(=O)N(C(C)(C)c1ccccc1)C2O. The maximum Gasteiger partial charge on any atom is 0.255 e. The number of carbonyl (C=O) groups is 1. The fourth-order valence-corrected chi connectivity index (χ4v) is 6.02. The number of benzene rings is 2. The Hall–Kier alpha value is -2.22. The topological polar surface area (TPSA) is 77.9 Å². The van der Waals surface area contributed by atoms with E-state index < -0.39 is 21.8 Å². The number of hydrogen-bond acceptors (Lipinski definition) is 4. The summed E-state index contributed by atoms with van der Waals surface area (Å²) < 4.78 is 28.2. The number of aliphatic hydroxyl groups excluding tert-OH is 1. The van der Waals surface area contributed by atoms with Gasteiger partial charge < -0.3 is 10.0 Å². The number of fused-ring (bicyclic) bond motifs is 1. The lowest BCUT2D eigenvalue weighted by atomic mass is 9.93. The molecule has 1 unspecified atom stereocenters. The number of carbonyl (C=O) groups excluding carboxylic acids is 1. The van der Waals surface area contributed by atoms with Crippen molar-refractivity contribution in [3.8, 4) is 0 Å². The molecule has 0 radical (unpaired) electrons. The molecule has 0 spiro atoms. The van der Waals surface area contributed by atoms with Gasteiger partial charge in [0.15, 0.2) is 0 Å². The van der Waals surface area contributed by atoms with Gasteiger partial charge >= 0.3 is 0 Å². The zero-order chi connectivity index (χ0) is 20.7. The van der Waals surface area contributed by atoms with E-state index in [9.17, 15) is 18.3 Å². The lowest BCUT2D eigenvalue weighted by Gasteiger charge is -2.36. The first kappa shape index (κ1) is 20.5. The number of amides is 1. The van der Waals surface area contributed by atoms with Crippen LogP contribution in [0, 0.1) is 0 Å². The van der Waals surface area contributed by atoms with E-state index in [2.05, 4.69) is 0 Å². The zero-order valence-corrected chi connectivity index (χ0v) is 17.4. The smallest absolute Gasteiger partial charge is 0.255 e. The Morgan fingerprint density at radius 1 is 1.07 bits per heavy atom. The highest BCUT2D eigenvalue weighted by Gasteiger charge is 2.51. The molecular formula is C21H26N2O4S. The van der Waals surface area contributed by atoms with E-state index in [-0.39, 0.29) is 21.9 Å². The molecule has 0 fully saturated rings. The minimum Gasteiger partial charge on any atom is -0.373 e. The van der Waals surface area contributed by atoms with Crippen LogP contribution in [-0.2, 0) is 15.6 Å². The van der Waals surface area contributed by atoms with Crippen LogP contribution in [0.25, 0.3) is 0 Å². The molecule has 0 bridgehead atoms. The second-order valence-corrected chi connectivity index (χ2v) is 9.05. The minimum absolute atomic E-state index is 0.0941. The van der Waals surface area contributed by atoms with Gasteiger partial charge in [0.2, 0.25) is 10.0 Å². The van der Waals surface area contributed by atoms with Gasteiger partial charge in [0.05, 0.1) is 11.1 Å². The third kappa shape index (κ3) is 3.03. The summed E-state index contributed by atoms with van der Waals surface area (Å²) in [6.07, 6.45) is -1.36. The third-order valence-corrected chi connectivity index (χ3v) is 7.52. The number of hydrogen-bond donors (Lipinski definition) is 1. The molecule has 0 aromatic heterocycles. The molecule has 28 heavy (non-hydrogen) atoms. The highest BCUT2D eigenvalue weighted by Crippen LogP contribution is 2.47. The van der Waals surface area contributed by atoms with Crippen molar-refractivity contribution in [1.29, 1.82) is 0 Å². The summed E-state index contributed by atoms with van der Waals surface area (Å²) in [6, 6.07) is 13.9. The lowest BCUT2D eigenvalue weighted by Crippen LogP contribution is -2.44. The Morgan fingerprint density at radius 2 is 1.68 bits per heavy atom. The van der Waals surface area contributed by atoms with Crippen molar-refractivity contribution in [1.82, 2.24) is 9.21 Å². The highest BCUT2D eigenvalue weighted by molar-refractivity contribution is 7.89. The minimum atomic E-state index is -4.09. The van der Waals surface area contributed by atoms with Crippen LogP contribution < -0.4 is 0 Å². The van der Waals surface area contributed by atoms with Crippen LogP contribution in [0.1, 0.15) is 55.4 Å². The molecule has 7 heteroatoms. The highest BCUT2D eigenvalue weighted by atomic mass is 32.2. The van der Waals surface area contributed by atoms with Gasteiger partial charge in [0.25, 0.3) is 5.91 Å². The molecule has 1 amide bonds. The maximum atomic E-state index is 13.5. The molecular weight excluding hydrogens is 376 g/mol. The molecule has 1 N–H and O–H groups in total. The average Bonchev–Trinajstić information content (AvgIpc) is 2.89. The van der Waals surface area contributed by atoms with Gasteiger partial charge in [-0.25, -0.2) is 8.42 Å². The Labute approximate surface area is 166 Å². The van der Waals surface area contributed by atoms with Gasteiger partial charge in [0, 0.05) is 18.7 Å². The zero-order valence-electron chi connectivity index (χ0n) is 16.6. The van der Waals surface area contributed by atoms with E-state index in [1.54, 1.807) is 30.9 Å². The summed E-state index contributed by atoms with van der Waals surface area (Å²) in [6.45, 7) is 8.14. The van der Waals surface area contributed by atoms with Crippen LogP contribution in [0.4, 0.5) is 0 Å². The van der Waals surface area contributed by atoms with Gasteiger partial charge in [0.1, 0.15) is 11.1 Å². The molecule has 0 saturated carbocycles. The summed E-state index contributed by atoms with van der Waals surface area (Å²) in [5.41, 5.74) is 0.0873. The van der Waals surface area contributed by atoms with Crippen molar-refractivity contribution in [3.05, 3.63) is 65.2 Å². The maximum absolute atomic E-state index is 13.5. The number of aliphatic hydroxyl groups is 1. The van der Waals surface area contributed by atoms with E-state index in [1.165, 1.54) is 6.07 Å². The van der Waals surface area contributed by atoms with E-state index >= 15 is 0 Å². The Bertz CT molecular complexity index is 983.